The van der Waals surface area contributed by atoms with Crippen LogP contribution < -0.4 is 0 Å². The number of amides is 1. The number of aryl methyl sites for hydroxylation is 1. The summed E-state index contributed by atoms with van der Waals surface area (Å²) in [6, 6.07) is 5.25. The lowest BCUT2D eigenvalue weighted by molar-refractivity contribution is -0.149. The Morgan fingerprint density at radius 2 is 2.21 bits per heavy atom. The lowest BCUT2D eigenvalue weighted by Crippen LogP contribution is -2.37. The van der Waals surface area contributed by atoms with Gasteiger partial charge < -0.3 is 14.4 Å². The minimum atomic E-state index is -0.784. The Morgan fingerprint density at radius 1 is 1.42 bits per heavy atom. The highest BCUT2D eigenvalue weighted by atomic mass is 35.5. The third-order valence-corrected chi connectivity index (χ3v) is 5.91. The van der Waals surface area contributed by atoms with Gasteiger partial charge in [-0.2, -0.15) is 0 Å². The van der Waals surface area contributed by atoms with E-state index in [4.69, 9.17) is 16.0 Å². The second-order valence-electron chi connectivity index (χ2n) is 6.93. The minimum Gasteiger partial charge on any atom is -0.481 e. The predicted octanol–water partition coefficient (Wildman–Crippen LogP) is 3.72. The van der Waals surface area contributed by atoms with Crippen molar-refractivity contribution < 1.29 is 19.1 Å². The molecule has 1 aromatic heterocycles. The van der Waals surface area contributed by atoms with Gasteiger partial charge in [0.25, 0.3) is 5.91 Å². The fraction of sp³-hybridized carbons (Fsp3) is 0.444. The van der Waals surface area contributed by atoms with Crippen LogP contribution in [0, 0.1) is 18.3 Å². The maximum atomic E-state index is 12.9. The number of hydrogen-bond acceptors (Lipinski definition) is 3. The van der Waals surface area contributed by atoms with Crippen LogP contribution in [-0.4, -0.2) is 35.0 Å². The molecule has 2 atom stereocenters. The molecule has 24 heavy (non-hydrogen) atoms. The number of likely N-dealkylation sites (tertiary alicyclic amines) is 1. The van der Waals surface area contributed by atoms with E-state index in [0.29, 0.717) is 23.6 Å². The molecule has 1 aliphatic carbocycles. The highest BCUT2D eigenvalue weighted by Gasteiger charge is 2.56. The van der Waals surface area contributed by atoms with Crippen LogP contribution in [0.4, 0.5) is 0 Å². The Labute approximate surface area is 144 Å². The predicted molar refractivity (Wildman–Crippen MR) is 89.3 cm³/mol. The summed E-state index contributed by atoms with van der Waals surface area (Å²) >= 11 is 6.02. The van der Waals surface area contributed by atoms with E-state index in [1.807, 2.05) is 6.92 Å². The number of carbonyl (C=O) groups excluding carboxylic acids is 1. The number of furan rings is 1. The highest BCUT2D eigenvalue weighted by molar-refractivity contribution is 6.31. The van der Waals surface area contributed by atoms with Gasteiger partial charge in [0.05, 0.1) is 5.41 Å². The third kappa shape index (κ3) is 2.07. The molecule has 6 heteroatoms. The van der Waals surface area contributed by atoms with Gasteiger partial charge in [-0.25, -0.2) is 0 Å². The largest absolute Gasteiger partial charge is 0.481 e. The van der Waals surface area contributed by atoms with Crippen molar-refractivity contribution in [2.75, 3.05) is 13.1 Å². The van der Waals surface area contributed by atoms with Crippen molar-refractivity contribution in [1.82, 2.24) is 4.90 Å². The van der Waals surface area contributed by atoms with E-state index in [1.54, 1.807) is 23.1 Å². The van der Waals surface area contributed by atoms with Crippen molar-refractivity contribution in [3.8, 4) is 0 Å². The van der Waals surface area contributed by atoms with Crippen molar-refractivity contribution >= 4 is 34.4 Å². The summed E-state index contributed by atoms with van der Waals surface area (Å²) in [5.74, 6) is -0.686. The Hall–Kier alpha value is -2.01. The maximum absolute atomic E-state index is 12.9. The van der Waals surface area contributed by atoms with Crippen LogP contribution in [0.3, 0.4) is 0 Å². The summed E-state index contributed by atoms with van der Waals surface area (Å²) in [4.78, 5) is 26.3. The van der Waals surface area contributed by atoms with Gasteiger partial charge >= 0.3 is 5.97 Å². The van der Waals surface area contributed by atoms with Gasteiger partial charge in [-0.05, 0) is 43.9 Å². The first-order valence-corrected chi connectivity index (χ1v) is 8.51. The molecule has 1 saturated heterocycles. The molecular formula is C18H18ClNO4. The van der Waals surface area contributed by atoms with E-state index < -0.39 is 11.4 Å². The van der Waals surface area contributed by atoms with Gasteiger partial charge in [0.15, 0.2) is 5.76 Å². The number of carboxylic acids is 1. The molecule has 4 rings (SSSR count). The molecule has 0 bridgehead atoms. The van der Waals surface area contributed by atoms with Gasteiger partial charge in [0.1, 0.15) is 5.58 Å². The van der Waals surface area contributed by atoms with Crippen molar-refractivity contribution in [3.05, 3.63) is 34.5 Å². The van der Waals surface area contributed by atoms with E-state index in [-0.39, 0.29) is 24.1 Å². The van der Waals surface area contributed by atoms with Crippen LogP contribution in [0.25, 0.3) is 11.0 Å². The van der Waals surface area contributed by atoms with Crippen LogP contribution in [0.5, 0.6) is 0 Å². The first-order valence-electron chi connectivity index (χ1n) is 8.14. The number of rotatable bonds is 2. The number of halogens is 1. The first kappa shape index (κ1) is 15.5. The summed E-state index contributed by atoms with van der Waals surface area (Å²) in [6.45, 7) is 2.59. The van der Waals surface area contributed by atoms with Gasteiger partial charge in [-0.1, -0.05) is 18.0 Å². The Balaban J connectivity index is 1.68. The molecule has 2 fully saturated rings. The minimum absolute atomic E-state index is 0.0399. The van der Waals surface area contributed by atoms with Gasteiger partial charge in [-0.15, -0.1) is 0 Å². The Bertz CT molecular complexity index is 858. The van der Waals surface area contributed by atoms with E-state index in [1.165, 1.54) is 0 Å². The average Bonchev–Trinajstić information content (AvgIpc) is 3.18. The number of benzene rings is 1. The van der Waals surface area contributed by atoms with E-state index >= 15 is 0 Å². The molecule has 0 spiro atoms. The molecule has 2 heterocycles. The molecule has 126 valence electrons. The molecule has 2 aliphatic rings. The van der Waals surface area contributed by atoms with Crippen molar-refractivity contribution in [1.29, 1.82) is 0 Å². The lowest BCUT2D eigenvalue weighted by atomic mass is 9.81. The van der Waals surface area contributed by atoms with Crippen LogP contribution in [-0.2, 0) is 4.79 Å². The van der Waals surface area contributed by atoms with E-state index in [0.717, 1.165) is 23.8 Å². The second kappa shape index (κ2) is 5.24. The first-order chi connectivity index (χ1) is 11.4. The molecular weight excluding hydrogens is 330 g/mol. The van der Waals surface area contributed by atoms with Crippen molar-refractivity contribution in [2.24, 2.45) is 11.3 Å². The zero-order valence-electron chi connectivity index (χ0n) is 13.3. The number of carbonyl (C=O) groups is 2. The standard InChI is InChI=1S/C18H18ClNO4/c1-10-13-7-12(19)4-5-14(13)24-15(10)16(21)20-8-11-3-2-6-18(11,9-20)17(22)23/h4-5,7,11H,2-3,6,8-9H2,1H3,(H,22,23)/t11-,18+/m0/s1. The van der Waals surface area contributed by atoms with Gasteiger partial charge in [-0.3, -0.25) is 9.59 Å². The molecule has 1 amide bonds. The number of carboxylic acid groups (broad SMARTS) is 1. The van der Waals surface area contributed by atoms with Crippen molar-refractivity contribution in [2.45, 2.75) is 26.2 Å². The molecule has 0 unspecified atom stereocenters. The van der Waals surface area contributed by atoms with Gasteiger partial charge in [0, 0.05) is 29.1 Å². The molecule has 1 N–H and O–H groups in total. The Kier molecular flexibility index (Phi) is 3.39. The number of fused-ring (bicyclic) bond motifs is 2. The van der Waals surface area contributed by atoms with Crippen LogP contribution in [0.15, 0.2) is 22.6 Å². The summed E-state index contributed by atoms with van der Waals surface area (Å²) in [5, 5.41) is 11.1. The topological polar surface area (TPSA) is 70.8 Å². The molecule has 1 aromatic carbocycles. The average molecular weight is 348 g/mol. The number of hydrogen-bond donors (Lipinski definition) is 1. The van der Waals surface area contributed by atoms with Crippen molar-refractivity contribution in [3.63, 3.8) is 0 Å². The highest BCUT2D eigenvalue weighted by Crippen LogP contribution is 2.49. The fourth-order valence-corrected chi connectivity index (χ4v) is 4.51. The molecule has 2 aromatic rings. The van der Waals surface area contributed by atoms with Crippen LogP contribution in [0.2, 0.25) is 5.02 Å². The molecule has 5 nitrogen and oxygen atoms in total. The SMILES string of the molecule is Cc1c(C(=O)N2C[C@@H]3CCC[C@@]3(C(=O)O)C2)oc2ccc(Cl)cc12. The normalized spacial score (nSPS) is 26.1. The van der Waals surface area contributed by atoms with Crippen LogP contribution in [0.1, 0.15) is 35.4 Å². The molecule has 1 saturated carbocycles. The second-order valence-corrected chi connectivity index (χ2v) is 7.37. The quantitative estimate of drug-likeness (QED) is 0.898. The van der Waals surface area contributed by atoms with Gasteiger partial charge in [0.2, 0.25) is 0 Å². The molecule has 1 aliphatic heterocycles. The monoisotopic (exact) mass is 347 g/mol. The summed E-state index contributed by atoms with van der Waals surface area (Å²) in [5.41, 5.74) is 0.588. The lowest BCUT2D eigenvalue weighted by Gasteiger charge is -2.23. The summed E-state index contributed by atoms with van der Waals surface area (Å²) < 4.78 is 5.75. The summed E-state index contributed by atoms with van der Waals surface area (Å²) in [7, 11) is 0. The fourth-order valence-electron chi connectivity index (χ4n) is 4.33. The Morgan fingerprint density at radius 3 is 2.92 bits per heavy atom. The third-order valence-electron chi connectivity index (χ3n) is 5.68. The van der Waals surface area contributed by atoms with E-state index in [9.17, 15) is 14.7 Å². The van der Waals surface area contributed by atoms with Crippen LogP contribution >= 0.6 is 11.6 Å². The zero-order valence-corrected chi connectivity index (χ0v) is 14.1. The molecule has 0 radical (unpaired) electrons. The van der Waals surface area contributed by atoms with E-state index in [2.05, 4.69) is 0 Å². The number of nitrogens with zero attached hydrogens (tertiary/aromatic N) is 1. The maximum Gasteiger partial charge on any atom is 0.311 e. The summed E-state index contributed by atoms with van der Waals surface area (Å²) in [6.07, 6.45) is 2.43. The number of aliphatic carboxylic acids is 1. The smallest absolute Gasteiger partial charge is 0.311 e. The zero-order chi connectivity index (χ0) is 17.1.